The van der Waals surface area contributed by atoms with Crippen LogP contribution in [0.1, 0.15) is 24.3 Å². The highest BCUT2D eigenvalue weighted by molar-refractivity contribution is 7.90. The average Bonchev–Trinajstić information content (AvgIpc) is 2.89. The minimum Gasteiger partial charge on any atom is -0.369 e. The van der Waals surface area contributed by atoms with Crippen molar-refractivity contribution >= 4 is 33.0 Å². The maximum atomic E-state index is 13.0. The Kier molecular flexibility index (Phi) is 5.37. The van der Waals surface area contributed by atoms with Gasteiger partial charge in [-0.15, -0.1) is 0 Å². The number of primary amides is 1. The number of anilines is 2. The lowest BCUT2D eigenvalue weighted by Crippen LogP contribution is -2.24. The van der Waals surface area contributed by atoms with Crippen LogP contribution in [-0.4, -0.2) is 26.5 Å². The molecule has 2 amide bonds. The summed E-state index contributed by atoms with van der Waals surface area (Å²) in [5.74, 6) is -1.10. The zero-order valence-corrected chi connectivity index (χ0v) is 17.8. The van der Waals surface area contributed by atoms with Gasteiger partial charge in [-0.05, 0) is 41.8 Å². The van der Waals surface area contributed by atoms with Gasteiger partial charge in [0.1, 0.15) is 0 Å². The molecule has 0 radical (unpaired) electrons. The Balaban J connectivity index is 1.78. The first-order valence-electron chi connectivity index (χ1n) is 9.88. The molecule has 1 aliphatic heterocycles. The molecule has 4 rings (SSSR count). The van der Waals surface area contributed by atoms with E-state index in [-0.39, 0.29) is 17.2 Å². The molecule has 7 heteroatoms. The van der Waals surface area contributed by atoms with Crippen molar-refractivity contribution in [2.45, 2.75) is 23.7 Å². The number of hydrogen-bond donors (Lipinski definition) is 1. The molecule has 0 saturated carbocycles. The lowest BCUT2D eigenvalue weighted by molar-refractivity contribution is -0.120. The predicted octanol–water partition coefficient (Wildman–Crippen LogP) is 3.78. The quantitative estimate of drug-likeness (QED) is 0.676. The van der Waals surface area contributed by atoms with Gasteiger partial charge < -0.3 is 5.73 Å². The van der Waals surface area contributed by atoms with Crippen LogP contribution in [0.4, 0.5) is 11.4 Å². The summed E-state index contributed by atoms with van der Waals surface area (Å²) in [5, 5.41) is 0. The first-order valence-corrected chi connectivity index (χ1v) is 11.8. The highest BCUT2D eigenvalue weighted by Gasteiger charge is 2.31. The molecule has 0 aromatic heterocycles. The van der Waals surface area contributed by atoms with Crippen LogP contribution in [0, 0.1) is 0 Å². The van der Waals surface area contributed by atoms with Crippen molar-refractivity contribution in [2.24, 2.45) is 5.73 Å². The smallest absolute Gasteiger partial charge is 0.231 e. The van der Waals surface area contributed by atoms with E-state index >= 15 is 0 Å². The lowest BCUT2D eigenvalue weighted by Gasteiger charge is -2.24. The Hall–Kier alpha value is -3.45. The van der Waals surface area contributed by atoms with Crippen LogP contribution in [-0.2, 0) is 19.4 Å². The van der Waals surface area contributed by atoms with E-state index in [9.17, 15) is 18.0 Å². The molecule has 3 aromatic rings. The number of fused-ring (bicyclic) bond motifs is 1. The third-order valence-electron chi connectivity index (χ3n) is 5.52. The van der Waals surface area contributed by atoms with Crippen LogP contribution in [0.2, 0.25) is 0 Å². The monoisotopic (exact) mass is 434 g/mol. The van der Waals surface area contributed by atoms with E-state index < -0.39 is 21.7 Å². The summed E-state index contributed by atoms with van der Waals surface area (Å²) < 4.78 is 24.3. The summed E-state index contributed by atoms with van der Waals surface area (Å²) in [6, 6.07) is 21.3. The molecule has 6 nitrogen and oxygen atoms in total. The number of carbonyl (C=O) groups is 2. The van der Waals surface area contributed by atoms with E-state index in [1.165, 1.54) is 6.26 Å². The van der Waals surface area contributed by atoms with E-state index in [1.54, 1.807) is 59.5 Å². The molecule has 0 saturated heterocycles. The van der Waals surface area contributed by atoms with E-state index in [1.807, 2.05) is 18.2 Å². The molecule has 1 heterocycles. The van der Waals surface area contributed by atoms with Gasteiger partial charge in [-0.1, -0.05) is 48.5 Å². The van der Waals surface area contributed by atoms with Crippen LogP contribution in [0.5, 0.6) is 0 Å². The Morgan fingerprint density at radius 2 is 1.61 bits per heavy atom. The number of carbonyl (C=O) groups excluding carboxylic acids is 2. The first-order chi connectivity index (χ1) is 14.8. The SMILES string of the molecule is CS(=O)(=O)c1ccccc1-c1ccc(N2C(=O)CCC(C(N)=O)c3ccccc32)cc1. The number of nitrogens with zero attached hydrogens (tertiary/aromatic N) is 1. The van der Waals surface area contributed by atoms with Crippen molar-refractivity contribution in [3.8, 4) is 11.1 Å². The van der Waals surface area contributed by atoms with Crippen molar-refractivity contribution in [3.63, 3.8) is 0 Å². The van der Waals surface area contributed by atoms with Gasteiger partial charge >= 0.3 is 0 Å². The minimum atomic E-state index is -3.39. The average molecular weight is 435 g/mol. The van der Waals surface area contributed by atoms with Crippen LogP contribution in [0.15, 0.2) is 77.7 Å². The molecule has 0 fully saturated rings. The summed E-state index contributed by atoms with van der Waals surface area (Å²) in [6.45, 7) is 0. The van der Waals surface area contributed by atoms with Gasteiger partial charge in [0.2, 0.25) is 11.8 Å². The second-order valence-electron chi connectivity index (χ2n) is 7.60. The highest BCUT2D eigenvalue weighted by atomic mass is 32.2. The van der Waals surface area contributed by atoms with Crippen LogP contribution in [0.25, 0.3) is 11.1 Å². The molecule has 0 bridgehead atoms. The molecule has 2 N–H and O–H groups in total. The maximum Gasteiger partial charge on any atom is 0.231 e. The van der Waals surface area contributed by atoms with Crippen molar-refractivity contribution < 1.29 is 18.0 Å². The second-order valence-corrected chi connectivity index (χ2v) is 9.58. The van der Waals surface area contributed by atoms with Gasteiger partial charge in [0.05, 0.1) is 16.5 Å². The number of hydrogen-bond acceptors (Lipinski definition) is 4. The summed E-state index contributed by atoms with van der Waals surface area (Å²) in [5.41, 5.74) is 8.94. The van der Waals surface area contributed by atoms with E-state index in [2.05, 4.69) is 0 Å². The Bertz CT molecular complexity index is 1270. The topological polar surface area (TPSA) is 97.5 Å². The second kappa shape index (κ2) is 8.00. The summed E-state index contributed by atoms with van der Waals surface area (Å²) in [7, 11) is -3.39. The molecule has 158 valence electrons. The predicted molar refractivity (Wildman–Crippen MR) is 120 cm³/mol. The summed E-state index contributed by atoms with van der Waals surface area (Å²) >= 11 is 0. The molecule has 1 aliphatic rings. The highest BCUT2D eigenvalue weighted by Crippen LogP contribution is 2.39. The fourth-order valence-corrected chi connectivity index (χ4v) is 4.96. The Labute approximate surface area is 181 Å². The van der Waals surface area contributed by atoms with Gasteiger partial charge in [-0.25, -0.2) is 8.42 Å². The van der Waals surface area contributed by atoms with Crippen molar-refractivity contribution in [1.82, 2.24) is 0 Å². The molecule has 0 spiro atoms. The third-order valence-corrected chi connectivity index (χ3v) is 6.67. The fraction of sp³-hybridized carbons (Fsp3) is 0.167. The zero-order valence-electron chi connectivity index (χ0n) is 17.0. The summed E-state index contributed by atoms with van der Waals surface area (Å²) in [6.07, 6.45) is 1.74. The Morgan fingerprint density at radius 3 is 2.29 bits per heavy atom. The zero-order chi connectivity index (χ0) is 22.2. The largest absolute Gasteiger partial charge is 0.369 e. The fourth-order valence-electron chi connectivity index (χ4n) is 4.05. The number of amides is 2. The molecule has 31 heavy (non-hydrogen) atoms. The number of nitrogens with two attached hydrogens (primary N) is 1. The number of rotatable bonds is 4. The minimum absolute atomic E-state index is 0.125. The maximum absolute atomic E-state index is 13.0. The Morgan fingerprint density at radius 1 is 0.968 bits per heavy atom. The van der Waals surface area contributed by atoms with Crippen LogP contribution < -0.4 is 10.6 Å². The van der Waals surface area contributed by atoms with Gasteiger partial charge in [-0.3, -0.25) is 14.5 Å². The van der Waals surface area contributed by atoms with Crippen molar-refractivity contribution in [2.75, 3.05) is 11.2 Å². The number of para-hydroxylation sites is 1. The molecule has 1 unspecified atom stereocenters. The van der Waals surface area contributed by atoms with Gasteiger partial charge in [-0.2, -0.15) is 0 Å². The normalized spacial score (nSPS) is 16.5. The van der Waals surface area contributed by atoms with Gasteiger partial charge in [0.15, 0.2) is 9.84 Å². The first kappa shape index (κ1) is 20.8. The van der Waals surface area contributed by atoms with Gasteiger partial charge in [0.25, 0.3) is 0 Å². The van der Waals surface area contributed by atoms with Crippen LogP contribution >= 0.6 is 0 Å². The van der Waals surface area contributed by atoms with E-state index in [0.29, 0.717) is 23.4 Å². The molecule has 0 aliphatic carbocycles. The number of sulfone groups is 1. The molecular formula is C24H22N2O4S. The summed E-state index contributed by atoms with van der Waals surface area (Å²) in [4.78, 5) is 26.8. The molecular weight excluding hydrogens is 412 g/mol. The third kappa shape index (κ3) is 3.96. The van der Waals surface area contributed by atoms with E-state index in [0.717, 1.165) is 11.1 Å². The van der Waals surface area contributed by atoms with Crippen molar-refractivity contribution in [1.29, 1.82) is 0 Å². The molecule has 3 aromatic carbocycles. The standard InChI is InChI=1S/C24H22N2O4S/c1-31(29,30)22-9-5-3-6-18(22)16-10-12-17(13-11-16)26-21-8-4-2-7-19(21)20(24(25)28)14-15-23(26)27/h2-13,20H,14-15H2,1H3,(H2,25,28). The number of benzene rings is 3. The molecule has 1 atom stereocenters. The lowest BCUT2D eigenvalue weighted by atomic mass is 9.93. The van der Waals surface area contributed by atoms with Crippen molar-refractivity contribution in [3.05, 3.63) is 78.4 Å². The van der Waals surface area contributed by atoms with E-state index in [4.69, 9.17) is 5.73 Å². The van der Waals surface area contributed by atoms with Gasteiger partial charge in [0, 0.05) is 23.9 Å². The van der Waals surface area contributed by atoms with Crippen LogP contribution in [0.3, 0.4) is 0 Å².